The number of ether oxygens (including phenoxy) is 2. The van der Waals surface area contributed by atoms with Crippen LogP contribution in [-0.4, -0.2) is 77.1 Å². The number of sulfonamides is 1. The van der Waals surface area contributed by atoms with Gasteiger partial charge in [-0.3, -0.25) is 4.79 Å². The van der Waals surface area contributed by atoms with Gasteiger partial charge < -0.3 is 14.4 Å². The number of amides is 1. The molecule has 0 heterocycles. The van der Waals surface area contributed by atoms with Crippen LogP contribution in [-0.2, 0) is 30.7 Å². The van der Waals surface area contributed by atoms with Gasteiger partial charge in [0, 0.05) is 46.8 Å². The maximum Gasteiger partial charge on any atom is 0.243 e. The Bertz CT molecular complexity index is 649. The first-order chi connectivity index (χ1) is 12.9. The molecule has 0 N–H and O–H groups in total. The maximum absolute atomic E-state index is 12.5. The lowest BCUT2D eigenvalue weighted by Gasteiger charge is -2.22. The molecule has 0 atom stereocenters. The van der Waals surface area contributed by atoms with E-state index in [4.69, 9.17) is 9.47 Å². The minimum Gasteiger partial charge on any atom is -0.383 e. The largest absolute Gasteiger partial charge is 0.383 e. The molecule has 0 aromatic heterocycles. The van der Waals surface area contributed by atoms with E-state index >= 15 is 0 Å². The monoisotopic (exact) mass is 400 g/mol. The number of hydrogen-bond acceptors (Lipinski definition) is 5. The smallest absolute Gasteiger partial charge is 0.243 e. The van der Waals surface area contributed by atoms with Gasteiger partial charge in [-0.25, -0.2) is 8.42 Å². The van der Waals surface area contributed by atoms with Crippen molar-refractivity contribution in [3.05, 3.63) is 29.8 Å². The summed E-state index contributed by atoms with van der Waals surface area (Å²) in [4.78, 5) is 14.4. The number of rotatable bonds is 13. The Hall–Kier alpha value is -1.48. The third-order valence-corrected chi connectivity index (χ3v) is 6.44. The summed E-state index contributed by atoms with van der Waals surface area (Å²) in [5.41, 5.74) is 0.931. The SMILES string of the molecule is CCN(CC)S(=O)(=O)c1ccc(CCC(=O)N(CCOC)CCOC)cc1. The van der Waals surface area contributed by atoms with Crippen LogP contribution in [0.3, 0.4) is 0 Å². The lowest BCUT2D eigenvalue weighted by atomic mass is 10.1. The average molecular weight is 401 g/mol. The molecule has 154 valence electrons. The maximum atomic E-state index is 12.5. The van der Waals surface area contributed by atoms with Crippen LogP contribution in [0.15, 0.2) is 29.2 Å². The zero-order valence-corrected chi connectivity index (χ0v) is 17.6. The molecular formula is C19H32N2O5S. The second-order valence-electron chi connectivity index (χ2n) is 6.10. The van der Waals surface area contributed by atoms with Crippen LogP contribution in [0, 0.1) is 0 Å². The number of hydrogen-bond donors (Lipinski definition) is 0. The van der Waals surface area contributed by atoms with Crippen molar-refractivity contribution in [2.45, 2.75) is 31.6 Å². The van der Waals surface area contributed by atoms with E-state index in [-0.39, 0.29) is 10.8 Å². The van der Waals surface area contributed by atoms with Crippen LogP contribution >= 0.6 is 0 Å². The molecule has 27 heavy (non-hydrogen) atoms. The Morgan fingerprint density at radius 2 is 1.48 bits per heavy atom. The predicted octanol–water partition coefficient (Wildman–Crippen LogP) is 1.77. The molecule has 0 spiro atoms. The number of nitrogens with zero attached hydrogens (tertiary/aromatic N) is 2. The molecule has 8 heteroatoms. The molecule has 0 aliphatic heterocycles. The molecule has 0 aliphatic carbocycles. The molecule has 0 saturated heterocycles. The summed E-state index contributed by atoms with van der Waals surface area (Å²) >= 11 is 0. The fraction of sp³-hybridized carbons (Fsp3) is 0.632. The number of methoxy groups -OCH3 is 2. The van der Waals surface area contributed by atoms with E-state index in [1.807, 2.05) is 13.8 Å². The highest BCUT2D eigenvalue weighted by molar-refractivity contribution is 7.89. The van der Waals surface area contributed by atoms with E-state index in [2.05, 4.69) is 0 Å². The summed E-state index contributed by atoms with van der Waals surface area (Å²) in [5, 5.41) is 0. The first kappa shape index (κ1) is 23.6. The molecule has 1 aromatic rings. The van der Waals surface area contributed by atoms with Gasteiger partial charge in [0.25, 0.3) is 0 Å². The number of benzene rings is 1. The summed E-state index contributed by atoms with van der Waals surface area (Å²) < 4.78 is 36.5. The van der Waals surface area contributed by atoms with Crippen molar-refractivity contribution in [1.82, 2.24) is 9.21 Å². The molecule has 1 amide bonds. The Kier molecular flexibility index (Phi) is 10.5. The van der Waals surface area contributed by atoms with Gasteiger partial charge in [0.2, 0.25) is 15.9 Å². The van der Waals surface area contributed by atoms with Crippen LogP contribution in [0.2, 0.25) is 0 Å². The molecule has 0 fully saturated rings. The molecule has 0 bridgehead atoms. The minimum atomic E-state index is -3.45. The van der Waals surface area contributed by atoms with Crippen molar-refractivity contribution in [3.63, 3.8) is 0 Å². The topological polar surface area (TPSA) is 76.2 Å². The summed E-state index contributed by atoms with van der Waals surface area (Å²) in [6.45, 7) is 6.53. The lowest BCUT2D eigenvalue weighted by molar-refractivity contribution is -0.132. The molecular weight excluding hydrogens is 368 g/mol. The zero-order chi connectivity index (χ0) is 20.3. The van der Waals surface area contributed by atoms with Gasteiger partial charge in [0.15, 0.2) is 0 Å². The van der Waals surface area contributed by atoms with Gasteiger partial charge >= 0.3 is 0 Å². The highest BCUT2D eigenvalue weighted by atomic mass is 32.2. The predicted molar refractivity (Wildman–Crippen MR) is 105 cm³/mol. The third-order valence-electron chi connectivity index (χ3n) is 4.38. The van der Waals surface area contributed by atoms with Gasteiger partial charge in [-0.15, -0.1) is 0 Å². The fourth-order valence-corrected chi connectivity index (χ4v) is 4.17. The Morgan fingerprint density at radius 3 is 1.93 bits per heavy atom. The van der Waals surface area contributed by atoms with Crippen molar-refractivity contribution in [2.75, 3.05) is 53.6 Å². The molecule has 0 radical (unpaired) electrons. The summed E-state index contributed by atoms with van der Waals surface area (Å²) in [7, 11) is -0.245. The van der Waals surface area contributed by atoms with E-state index in [0.29, 0.717) is 52.2 Å². The summed E-state index contributed by atoms with van der Waals surface area (Å²) in [6, 6.07) is 6.78. The minimum absolute atomic E-state index is 0.0314. The molecule has 0 unspecified atom stereocenters. The van der Waals surface area contributed by atoms with E-state index < -0.39 is 10.0 Å². The zero-order valence-electron chi connectivity index (χ0n) is 16.8. The fourth-order valence-electron chi connectivity index (χ4n) is 2.71. The normalized spacial score (nSPS) is 11.7. The standard InChI is InChI=1S/C19H32N2O5S/c1-5-21(6-2)27(23,24)18-10-7-17(8-11-18)9-12-19(22)20(13-15-25-3)14-16-26-4/h7-8,10-11H,5-6,9,12-16H2,1-4H3. The molecule has 0 aliphatic rings. The second-order valence-corrected chi connectivity index (χ2v) is 8.04. The van der Waals surface area contributed by atoms with E-state index in [0.717, 1.165) is 5.56 Å². The van der Waals surface area contributed by atoms with Crippen LogP contribution < -0.4 is 0 Å². The lowest BCUT2D eigenvalue weighted by Crippen LogP contribution is -2.36. The van der Waals surface area contributed by atoms with Crippen molar-refractivity contribution in [3.8, 4) is 0 Å². The van der Waals surface area contributed by atoms with Gasteiger partial charge in [-0.2, -0.15) is 4.31 Å². The third kappa shape index (κ3) is 7.21. The van der Waals surface area contributed by atoms with Gasteiger partial charge in [0.1, 0.15) is 0 Å². The Labute approximate surface area is 163 Å². The number of carbonyl (C=O) groups is 1. The Morgan fingerprint density at radius 1 is 0.963 bits per heavy atom. The van der Waals surface area contributed by atoms with Gasteiger partial charge in [-0.1, -0.05) is 26.0 Å². The van der Waals surface area contributed by atoms with Crippen LogP contribution in [0.5, 0.6) is 0 Å². The number of carbonyl (C=O) groups excluding carboxylic acids is 1. The first-order valence-corrected chi connectivity index (χ1v) is 10.7. The molecule has 1 aromatic carbocycles. The first-order valence-electron chi connectivity index (χ1n) is 9.25. The highest BCUT2D eigenvalue weighted by Gasteiger charge is 2.21. The average Bonchev–Trinajstić information content (AvgIpc) is 2.67. The van der Waals surface area contributed by atoms with E-state index in [1.54, 1.807) is 43.4 Å². The van der Waals surface area contributed by atoms with Gasteiger partial charge in [0.05, 0.1) is 18.1 Å². The Balaban J connectivity index is 2.70. The molecule has 1 rings (SSSR count). The van der Waals surface area contributed by atoms with Crippen molar-refractivity contribution in [2.24, 2.45) is 0 Å². The summed E-state index contributed by atoms with van der Waals surface area (Å²) in [6.07, 6.45) is 0.913. The van der Waals surface area contributed by atoms with Crippen LogP contribution in [0.1, 0.15) is 25.8 Å². The van der Waals surface area contributed by atoms with Gasteiger partial charge in [-0.05, 0) is 24.1 Å². The molecule has 7 nitrogen and oxygen atoms in total. The highest BCUT2D eigenvalue weighted by Crippen LogP contribution is 2.17. The van der Waals surface area contributed by atoms with E-state index in [9.17, 15) is 13.2 Å². The molecule has 0 saturated carbocycles. The van der Waals surface area contributed by atoms with Crippen molar-refractivity contribution >= 4 is 15.9 Å². The number of aryl methyl sites for hydroxylation is 1. The second kappa shape index (κ2) is 12.1. The van der Waals surface area contributed by atoms with Crippen molar-refractivity contribution in [1.29, 1.82) is 0 Å². The van der Waals surface area contributed by atoms with Crippen molar-refractivity contribution < 1.29 is 22.7 Å². The van der Waals surface area contributed by atoms with Crippen LogP contribution in [0.25, 0.3) is 0 Å². The van der Waals surface area contributed by atoms with Crippen LogP contribution in [0.4, 0.5) is 0 Å². The summed E-state index contributed by atoms with van der Waals surface area (Å²) in [5.74, 6) is 0.0314. The quantitative estimate of drug-likeness (QED) is 0.504. The van der Waals surface area contributed by atoms with E-state index in [1.165, 1.54) is 4.31 Å².